The summed E-state index contributed by atoms with van der Waals surface area (Å²) in [5.74, 6) is 0.957. The largest absolute Gasteiger partial charge is 0.493 e. The number of ether oxygens (including phenoxy) is 2. The monoisotopic (exact) mass is 337 g/mol. The summed E-state index contributed by atoms with van der Waals surface area (Å²) in [4.78, 5) is 4.19. The van der Waals surface area contributed by atoms with Crippen molar-refractivity contribution in [3.05, 3.63) is 52.8 Å². The normalized spacial score (nSPS) is 11.2. The maximum Gasteiger partial charge on any atom is 0.193 e. The van der Waals surface area contributed by atoms with Crippen molar-refractivity contribution in [2.45, 2.75) is 6.54 Å². The zero-order chi connectivity index (χ0) is 16.8. The number of rotatable bonds is 5. The summed E-state index contributed by atoms with van der Waals surface area (Å²) in [5.41, 5.74) is 7.31. The van der Waals surface area contributed by atoms with Gasteiger partial charge in [0.25, 0.3) is 0 Å². The van der Waals surface area contributed by atoms with E-state index in [4.69, 9.17) is 26.8 Å². The van der Waals surface area contributed by atoms with Crippen LogP contribution in [0.15, 0.2) is 41.4 Å². The average Bonchev–Trinajstić information content (AvgIpc) is 2.55. The number of halogens is 2. The first-order valence-corrected chi connectivity index (χ1v) is 7.14. The van der Waals surface area contributed by atoms with Crippen molar-refractivity contribution in [1.82, 2.24) is 0 Å². The third-order valence-corrected chi connectivity index (χ3v) is 3.36. The van der Waals surface area contributed by atoms with Gasteiger partial charge in [-0.3, -0.25) is 0 Å². The number of anilines is 1. The van der Waals surface area contributed by atoms with E-state index in [0.717, 1.165) is 5.56 Å². The highest BCUT2D eigenvalue weighted by Crippen LogP contribution is 2.29. The zero-order valence-electron chi connectivity index (χ0n) is 12.8. The molecule has 0 atom stereocenters. The number of aliphatic imine (C=N–C) groups is 1. The number of hydrogen-bond acceptors (Lipinski definition) is 3. The standard InChI is InChI=1S/C16H17ClFN3O2/c1-22-14-6-4-11(8-15(14)23-2)21-16(19)20-9-10-3-5-13(18)12(17)7-10/h3-8H,9H2,1-2H3,(H3,19,20,21). The van der Waals surface area contributed by atoms with Crippen molar-refractivity contribution >= 4 is 23.2 Å². The topological polar surface area (TPSA) is 68.9 Å². The van der Waals surface area contributed by atoms with Gasteiger partial charge in [-0.2, -0.15) is 0 Å². The molecule has 2 aromatic rings. The lowest BCUT2D eigenvalue weighted by Gasteiger charge is -2.11. The predicted octanol–water partition coefficient (Wildman–Crippen LogP) is 3.42. The smallest absolute Gasteiger partial charge is 0.193 e. The fraction of sp³-hybridized carbons (Fsp3) is 0.188. The Balaban J connectivity index is 2.05. The molecule has 23 heavy (non-hydrogen) atoms. The summed E-state index contributed by atoms with van der Waals surface area (Å²) in [6, 6.07) is 9.71. The minimum absolute atomic E-state index is 0.0594. The van der Waals surface area contributed by atoms with Gasteiger partial charge in [-0.05, 0) is 29.8 Å². The van der Waals surface area contributed by atoms with Crippen LogP contribution in [0.25, 0.3) is 0 Å². The maximum atomic E-state index is 13.1. The lowest BCUT2D eigenvalue weighted by atomic mass is 10.2. The van der Waals surface area contributed by atoms with Crippen LogP contribution in [0.2, 0.25) is 5.02 Å². The summed E-state index contributed by atoms with van der Waals surface area (Å²) < 4.78 is 23.5. The molecule has 0 aliphatic rings. The number of methoxy groups -OCH3 is 2. The van der Waals surface area contributed by atoms with Crippen LogP contribution < -0.4 is 20.5 Å². The molecule has 0 amide bonds. The van der Waals surface area contributed by atoms with E-state index in [0.29, 0.717) is 17.2 Å². The molecular weight excluding hydrogens is 321 g/mol. The minimum Gasteiger partial charge on any atom is -0.493 e. The average molecular weight is 338 g/mol. The molecule has 0 aromatic heterocycles. The lowest BCUT2D eigenvalue weighted by Crippen LogP contribution is -2.22. The van der Waals surface area contributed by atoms with Crippen LogP contribution in [-0.4, -0.2) is 20.2 Å². The Hall–Kier alpha value is -2.47. The molecule has 0 fully saturated rings. The second-order valence-electron chi connectivity index (χ2n) is 4.64. The van der Waals surface area contributed by atoms with Crippen molar-refractivity contribution in [2.75, 3.05) is 19.5 Å². The number of nitrogens with one attached hydrogen (secondary N) is 1. The molecule has 0 saturated heterocycles. The molecule has 5 nitrogen and oxygen atoms in total. The van der Waals surface area contributed by atoms with Gasteiger partial charge >= 0.3 is 0 Å². The zero-order valence-corrected chi connectivity index (χ0v) is 13.5. The molecule has 3 N–H and O–H groups in total. The van der Waals surface area contributed by atoms with Crippen molar-refractivity contribution in [3.8, 4) is 11.5 Å². The van der Waals surface area contributed by atoms with Crippen LogP contribution in [0.4, 0.5) is 10.1 Å². The Morgan fingerprint density at radius 2 is 1.91 bits per heavy atom. The predicted molar refractivity (Wildman–Crippen MR) is 89.9 cm³/mol. The highest BCUT2D eigenvalue weighted by molar-refractivity contribution is 6.30. The molecule has 0 saturated carbocycles. The van der Waals surface area contributed by atoms with Gasteiger partial charge < -0.3 is 20.5 Å². The Kier molecular flexibility index (Phi) is 5.65. The number of benzene rings is 2. The molecule has 0 bridgehead atoms. The van der Waals surface area contributed by atoms with E-state index in [2.05, 4.69) is 10.3 Å². The second kappa shape index (κ2) is 7.69. The Bertz CT molecular complexity index is 722. The van der Waals surface area contributed by atoms with Crippen LogP contribution in [0, 0.1) is 5.82 Å². The second-order valence-corrected chi connectivity index (χ2v) is 5.05. The van der Waals surface area contributed by atoms with Crippen molar-refractivity contribution < 1.29 is 13.9 Å². The molecular formula is C16H17ClFN3O2. The molecule has 0 unspecified atom stereocenters. The SMILES string of the molecule is COc1ccc(NC(N)=NCc2ccc(F)c(Cl)c2)cc1OC. The molecule has 0 heterocycles. The summed E-state index contributed by atoms with van der Waals surface area (Å²) in [7, 11) is 3.12. The van der Waals surface area contributed by atoms with E-state index in [9.17, 15) is 4.39 Å². The van der Waals surface area contributed by atoms with Crippen LogP contribution in [0.5, 0.6) is 11.5 Å². The molecule has 0 aliphatic carbocycles. The number of guanidine groups is 1. The van der Waals surface area contributed by atoms with Gasteiger partial charge in [0.1, 0.15) is 5.82 Å². The molecule has 0 aliphatic heterocycles. The van der Waals surface area contributed by atoms with Crippen LogP contribution in [-0.2, 0) is 6.54 Å². The number of nitrogens with zero attached hydrogens (tertiary/aromatic N) is 1. The first-order chi connectivity index (χ1) is 11.0. The third kappa shape index (κ3) is 4.50. The van der Waals surface area contributed by atoms with Crippen molar-refractivity contribution in [2.24, 2.45) is 10.7 Å². The first-order valence-electron chi connectivity index (χ1n) is 6.76. The van der Waals surface area contributed by atoms with Gasteiger partial charge in [0.2, 0.25) is 0 Å². The van der Waals surface area contributed by atoms with Crippen LogP contribution in [0.1, 0.15) is 5.56 Å². The van der Waals surface area contributed by atoms with Gasteiger partial charge in [0, 0.05) is 11.8 Å². The molecule has 0 radical (unpaired) electrons. The van der Waals surface area contributed by atoms with E-state index in [1.165, 1.54) is 12.1 Å². The minimum atomic E-state index is -0.462. The summed E-state index contributed by atoms with van der Waals surface area (Å²) >= 11 is 5.72. The number of nitrogens with two attached hydrogens (primary N) is 1. The van der Waals surface area contributed by atoms with Gasteiger partial charge in [-0.25, -0.2) is 9.38 Å². The molecule has 2 aromatic carbocycles. The van der Waals surface area contributed by atoms with Gasteiger partial charge in [0.15, 0.2) is 17.5 Å². The van der Waals surface area contributed by atoms with E-state index in [1.54, 1.807) is 38.5 Å². The molecule has 2 rings (SSSR count). The first kappa shape index (κ1) is 16.9. The van der Waals surface area contributed by atoms with Crippen molar-refractivity contribution in [1.29, 1.82) is 0 Å². The van der Waals surface area contributed by atoms with Gasteiger partial charge in [-0.1, -0.05) is 17.7 Å². The molecule has 122 valence electrons. The fourth-order valence-corrected chi connectivity index (χ4v) is 2.12. The van der Waals surface area contributed by atoms with Gasteiger partial charge in [0.05, 0.1) is 25.8 Å². The third-order valence-electron chi connectivity index (χ3n) is 3.07. The van der Waals surface area contributed by atoms with Gasteiger partial charge in [-0.15, -0.1) is 0 Å². The highest BCUT2D eigenvalue weighted by atomic mass is 35.5. The summed E-state index contributed by atoms with van der Waals surface area (Å²) in [6.07, 6.45) is 0. The Morgan fingerprint density at radius 3 is 2.57 bits per heavy atom. The molecule has 7 heteroatoms. The Labute approximate surface area is 138 Å². The molecule has 0 spiro atoms. The summed E-state index contributed by atoms with van der Waals surface area (Å²) in [6.45, 7) is 0.284. The fourth-order valence-electron chi connectivity index (χ4n) is 1.92. The van der Waals surface area contributed by atoms with E-state index < -0.39 is 5.82 Å². The maximum absolute atomic E-state index is 13.1. The lowest BCUT2D eigenvalue weighted by molar-refractivity contribution is 0.355. The highest BCUT2D eigenvalue weighted by Gasteiger charge is 2.05. The van der Waals surface area contributed by atoms with Crippen LogP contribution in [0.3, 0.4) is 0 Å². The van der Waals surface area contributed by atoms with Crippen LogP contribution >= 0.6 is 11.6 Å². The quantitative estimate of drug-likeness (QED) is 0.648. The van der Waals surface area contributed by atoms with E-state index in [-0.39, 0.29) is 17.5 Å². The van der Waals surface area contributed by atoms with E-state index >= 15 is 0 Å². The Morgan fingerprint density at radius 1 is 1.17 bits per heavy atom. The number of hydrogen-bond donors (Lipinski definition) is 2. The summed E-state index contributed by atoms with van der Waals surface area (Å²) in [5, 5.41) is 3.01. The van der Waals surface area contributed by atoms with E-state index in [1.807, 2.05) is 0 Å². The van der Waals surface area contributed by atoms with Crippen molar-refractivity contribution in [3.63, 3.8) is 0 Å².